The van der Waals surface area contributed by atoms with Crippen LogP contribution in [0.4, 0.5) is 0 Å². The van der Waals surface area contributed by atoms with Crippen LogP contribution in [0.1, 0.15) is 38.2 Å². The Bertz CT molecular complexity index is 417. The summed E-state index contributed by atoms with van der Waals surface area (Å²) in [6.45, 7) is 2.22. The lowest BCUT2D eigenvalue weighted by Crippen LogP contribution is -2.28. The number of aromatic nitrogens is 1. The van der Waals surface area contributed by atoms with Gasteiger partial charge in [-0.1, -0.05) is 18.5 Å². The fraction of sp³-hybridized carbons (Fsp3) is 0.538. The average Bonchev–Trinajstić information content (AvgIpc) is 2.41. The summed E-state index contributed by atoms with van der Waals surface area (Å²) < 4.78 is 5.88. The molecule has 5 heteroatoms. The third kappa shape index (κ3) is 2.91. The summed E-state index contributed by atoms with van der Waals surface area (Å²) in [6, 6.07) is 3.50. The van der Waals surface area contributed by atoms with E-state index in [0.717, 1.165) is 6.42 Å². The van der Waals surface area contributed by atoms with Crippen LogP contribution in [0.3, 0.4) is 0 Å². The molecule has 3 N–H and O–H groups in total. The summed E-state index contributed by atoms with van der Waals surface area (Å²) in [6.07, 6.45) is 6.62. The second-order valence-electron chi connectivity index (χ2n) is 4.79. The van der Waals surface area contributed by atoms with Gasteiger partial charge in [-0.15, -0.1) is 0 Å². The molecule has 0 radical (unpaired) electrons. The van der Waals surface area contributed by atoms with Gasteiger partial charge in [0.25, 0.3) is 0 Å². The van der Waals surface area contributed by atoms with Crippen molar-refractivity contribution in [3.05, 3.63) is 23.9 Å². The summed E-state index contributed by atoms with van der Waals surface area (Å²) in [7, 11) is 0. The van der Waals surface area contributed by atoms with E-state index in [9.17, 15) is 0 Å². The van der Waals surface area contributed by atoms with Crippen LogP contribution in [0, 0.1) is 5.92 Å². The van der Waals surface area contributed by atoms with Crippen molar-refractivity contribution >= 4 is 5.84 Å². The van der Waals surface area contributed by atoms with E-state index in [1.54, 1.807) is 18.3 Å². The van der Waals surface area contributed by atoms with Gasteiger partial charge in [-0.2, -0.15) is 0 Å². The van der Waals surface area contributed by atoms with Crippen molar-refractivity contribution < 1.29 is 9.94 Å². The van der Waals surface area contributed by atoms with Crippen molar-refractivity contribution in [2.24, 2.45) is 16.8 Å². The lowest BCUT2D eigenvalue weighted by molar-refractivity contribution is 0.0976. The van der Waals surface area contributed by atoms with Gasteiger partial charge in [0.2, 0.25) is 5.88 Å². The number of ether oxygens (including phenoxy) is 1. The first kappa shape index (κ1) is 12.7. The van der Waals surface area contributed by atoms with Crippen LogP contribution in [0.15, 0.2) is 23.5 Å². The minimum atomic E-state index is 0.0556. The molecular formula is C13H19N3O2. The van der Waals surface area contributed by atoms with Crippen LogP contribution in [0.2, 0.25) is 0 Å². The number of pyridine rings is 1. The largest absolute Gasteiger partial charge is 0.474 e. The van der Waals surface area contributed by atoms with Crippen LogP contribution in [-0.2, 0) is 0 Å². The third-order valence-corrected chi connectivity index (χ3v) is 3.44. The summed E-state index contributed by atoms with van der Waals surface area (Å²) >= 11 is 0. The topological polar surface area (TPSA) is 80.7 Å². The van der Waals surface area contributed by atoms with E-state index < -0.39 is 0 Å². The number of nitrogens with two attached hydrogens (primary N) is 1. The number of hydrogen-bond donors (Lipinski definition) is 2. The lowest BCUT2D eigenvalue weighted by atomic mass is 9.88. The first-order valence-corrected chi connectivity index (χ1v) is 6.31. The van der Waals surface area contributed by atoms with Gasteiger partial charge >= 0.3 is 0 Å². The number of oxime groups is 1. The average molecular weight is 249 g/mol. The lowest BCUT2D eigenvalue weighted by Gasteiger charge is -2.28. The molecule has 1 aromatic rings. The van der Waals surface area contributed by atoms with E-state index in [1.807, 2.05) is 0 Å². The van der Waals surface area contributed by atoms with Gasteiger partial charge < -0.3 is 15.7 Å². The van der Waals surface area contributed by atoms with Crippen LogP contribution in [0.5, 0.6) is 5.88 Å². The molecule has 1 aromatic heterocycles. The Kier molecular flexibility index (Phi) is 4.02. The van der Waals surface area contributed by atoms with E-state index >= 15 is 0 Å². The van der Waals surface area contributed by atoms with E-state index in [4.69, 9.17) is 15.7 Å². The second kappa shape index (κ2) is 5.71. The van der Waals surface area contributed by atoms with Crippen molar-refractivity contribution in [3.8, 4) is 5.88 Å². The third-order valence-electron chi connectivity index (χ3n) is 3.44. The SMILES string of the molecule is CC1CCCCC1Oc1ccc(/C(N)=N/O)cn1. The van der Waals surface area contributed by atoms with Gasteiger partial charge in [-0.25, -0.2) is 4.98 Å². The zero-order chi connectivity index (χ0) is 13.0. The van der Waals surface area contributed by atoms with Crippen molar-refractivity contribution in [1.29, 1.82) is 0 Å². The van der Waals surface area contributed by atoms with Crippen molar-refractivity contribution in [2.75, 3.05) is 0 Å². The van der Waals surface area contributed by atoms with Gasteiger partial charge in [0.05, 0.1) is 0 Å². The highest BCUT2D eigenvalue weighted by atomic mass is 16.5. The Hall–Kier alpha value is -1.78. The predicted octanol–water partition coefficient (Wildman–Crippen LogP) is 2.13. The first-order chi connectivity index (χ1) is 8.70. The Morgan fingerprint density at radius 3 is 2.83 bits per heavy atom. The zero-order valence-corrected chi connectivity index (χ0v) is 10.5. The highest BCUT2D eigenvalue weighted by Crippen LogP contribution is 2.27. The molecule has 1 aliphatic rings. The summed E-state index contributed by atoms with van der Waals surface area (Å²) in [5.41, 5.74) is 6.05. The van der Waals surface area contributed by atoms with Gasteiger partial charge in [-0.05, 0) is 31.2 Å². The number of nitrogens with zero attached hydrogens (tertiary/aromatic N) is 2. The van der Waals surface area contributed by atoms with E-state index in [0.29, 0.717) is 17.4 Å². The number of amidine groups is 1. The van der Waals surface area contributed by atoms with Gasteiger partial charge in [0.1, 0.15) is 6.10 Å². The molecule has 0 amide bonds. The Morgan fingerprint density at radius 2 is 2.22 bits per heavy atom. The highest BCUT2D eigenvalue weighted by Gasteiger charge is 2.23. The molecule has 2 atom stereocenters. The van der Waals surface area contributed by atoms with Crippen LogP contribution in [-0.4, -0.2) is 22.1 Å². The summed E-state index contributed by atoms with van der Waals surface area (Å²) in [4.78, 5) is 4.18. The molecule has 0 bridgehead atoms. The first-order valence-electron chi connectivity index (χ1n) is 6.31. The highest BCUT2D eigenvalue weighted by molar-refractivity contribution is 5.96. The Labute approximate surface area is 107 Å². The fourth-order valence-corrected chi connectivity index (χ4v) is 2.27. The zero-order valence-electron chi connectivity index (χ0n) is 10.5. The molecule has 2 rings (SSSR count). The molecule has 0 spiro atoms. The molecule has 1 heterocycles. The number of hydrogen-bond acceptors (Lipinski definition) is 4. The van der Waals surface area contributed by atoms with Crippen LogP contribution < -0.4 is 10.5 Å². The molecule has 1 saturated carbocycles. The van der Waals surface area contributed by atoms with Crippen LogP contribution >= 0.6 is 0 Å². The van der Waals surface area contributed by atoms with Crippen molar-refractivity contribution in [3.63, 3.8) is 0 Å². The maximum absolute atomic E-state index is 8.56. The quantitative estimate of drug-likeness (QED) is 0.372. The Morgan fingerprint density at radius 1 is 1.44 bits per heavy atom. The van der Waals surface area contributed by atoms with Gasteiger partial charge in [0.15, 0.2) is 5.84 Å². The minimum Gasteiger partial charge on any atom is -0.474 e. The smallest absolute Gasteiger partial charge is 0.213 e. The monoisotopic (exact) mass is 249 g/mol. The van der Waals surface area contributed by atoms with Crippen LogP contribution in [0.25, 0.3) is 0 Å². The second-order valence-corrected chi connectivity index (χ2v) is 4.79. The predicted molar refractivity (Wildman–Crippen MR) is 68.8 cm³/mol. The van der Waals surface area contributed by atoms with E-state index in [2.05, 4.69) is 17.1 Å². The summed E-state index contributed by atoms with van der Waals surface area (Å²) in [5, 5.41) is 11.5. The molecule has 0 saturated heterocycles. The van der Waals surface area contributed by atoms with Gasteiger partial charge in [-0.3, -0.25) is 0 Å². The molecule has 0 aromatic carbocycles. The molecule has 1 fully saturated rings. The fourth-order valence-electron chi connectivity index (χ4n) is 2.27. The molecule has 18 heavy (non-hydrogen) atoms. The molecule has 2 unspecified atom stereocenters. The van der Waals surface area contributed by atoms with Crippen molar-refractivity contribution in [2.45, 2.75) is 38.7 Å². The standard InChI is InChI=1S/C13H19N3O2/c1-9-4-2-3-5-11(9)18-12-7-6-10(8-15-12)13(14)16-17/h6-9,11,17H,2-5H2,1H3,(H2,14,16). The van der Waals surface area contributed by atoms with Gasteiger partial charge in [0, 0.05) is 17.8 Å². The molecule has 1 aliphatic carbocycles. The van der Waals surface area contributed by atoms with E-state index in [1.165, 1.54) is 19.3 Å². The minimum absolute atomic E-state index is 0.0556. The Balaban J connectivity index is 2.01. The maximum atomic E-state index is 8.56. The normalized spacial score (nSPS) is 24.8. The molecule has 5 nitrogen and oxygen atoms in total. The maximum Gasteiger partial charge on any atom is 0.213 e. The molecular weight excluding hydrogens is 230 g/mol. The number of rotatable bonds is 3. The molecule has 0 aliphatic heterocycles. The van der Waals surface area contributed by atoms with E-state index in [-0.39, 0.29) is 11.9 Å². The van der Waals surface area contributed by atoms with Crippen molar-refractivity contribution in [1.82, 2.24) is 4.98 Å². The summed E-state index contributed by atoms with van der Waals surface area (Å²) in [5.74, 6) is 1.23. The molecule has 98 valence electrons.